The monoisotopic (exact) mass is 408 g/mol. The van der Waals surface area contributed by atoms with Crippen molar-refractivity contribution in [2.24, 2.45) is 15.0 Å². The van der Waals surface area contributed by atoms with E-state index in [1.54, 1.807) is 0 Å². The molecule has 0 bridgehead atoms. The van der Waals surface area contributed by atoms with E-state index in [1.807, 2.05) is 0 Å². The van der Waals surface area contributed by atoms with Gasteiger partial charge in [-0.3, -0.25) is 30.2 Å². The number of amidine groups is 1. The number of hydrogen-bond donors (Lipinski definition) is 3. The van der Waals surface area contributed by atoms with Gasteiger partial charge in [-0.25, -0.2) is 9.79 Å². The third-order valence-corrected chi connectivity index (χ3v) is 3.84. The number of guanidine groups is 1. The Balaban J connectivity index is 1.93. The molecule has 1 atom stereocenters. The molecule has 1 aromatic carbocycles. The Bertz CT molecular complexity index is 997. The van der Waals surface area contributed by atoms with Gasteiger partial charge in [0.15, 0.2) is 11.9 Å². The van der Waals surface area contributed by atoms with E-state index in [2.05, 4.69) is 20.3 Å². The fraction of sp³-hybridized carbons (Fsp3) is 0.188. The van der Waals surface area contributed by atoms with Gasteiger partial charge in [0.2, 0.25) is 5.96 Å². The van der Waals surface area contributed by atoms with Crippen LogP contribution in [0.3, 0.4) is 0 Å². The summed E-state index contributed by atoms with van der Waals surface area (Å²) in [5.74, 6) is -4.75. The average molecular weight is 408 g/mol. The van der Waals surface area contributed by atoms with E-state index in [9.17, 15) is 27.6 Å². The zero-order chi connectivity index (χ0) is 21.3. The van der Waals surface area contributed by atoms with Crippen molar-refractivity contribution in [1.29, 1.82) is 5.41 Å². The standard InChI is InChI=1S/C16H11F3N6O4/c17-16(18,19)14(29)25(9-3-1-7(2-4-9)13(27)28)6-8-5-21-11-10(22-8)12(26)24-15(20)23-11/h1-5,10H,6H2,(H,27,28)(H2,20,24,26). The topological polar surface area (TPSA) is 148 Å². The van der Waals surface area contributed by atoms with Crippen LogP contribution in [-0.4, -0.2) is 65.4 Å². The molecule has 1 aromatic rings. The van der Waals surface area contributed by atoms with Crippen LogP contribution in [0.25, 0.3) is 0 Å². The molecule has 0 radical (unpaired) electrons. The fourth-order valence-corrected chi connectivity index (χ4v) is 2.52. The van der Waals surface area contributed by atoms with E-state index in [4.69, 9.17) is 10.5 Å². The number of amides is 2. The molecule has 0 saturated heterocycles. The highest BCUT2D eigenvalue weighted by Crippen LogP contribution is 2.24. The predicted octanol–water partition coefficient (Wildman–Crippen LogP) is 0.637. The van der Waals surface area contributed by atoms with Gasteiger partial charge in [0.1, 0.15) is 0 Å². The van der Waals surface area contributed by atoms with E-state index in [0.29, 0.717) is 4.90 Å². The lowest BCUT2D eigenvalue weighted by atomic mass is 10.1. The van der Waals surface area contributed by atoms with Crippen molar-refractivity contribution in [2.45, 2.75) is 12.2 Å². The number of halogens is 3. The second-order valence-electron chi connectivity index (χ2n) is 5.83. The molecule has 150 valence electrons. The Labute approximate surface area is 160 Å². The summed E-state index contributed by atoms with van der Waals surface area (Å²) in [5.41, 5.74) is -0.507. The molecule has 0 fully saturated rings. The van der Waals surface area contributed by atoms with E-state index in [1.165, 1.54) is 0 Å². The molecule has 2 amide bonds. The number of hydrogen-bond acceptors (Lipinski definition) is 6. The predicted molar refractivity (Wildman–Crippen MR) is 94.8 cm³/mol. The highest BCUT2D eigenvalue weighted by atomic mass is 19.4. The van der Waals surface area contributed by atoms with Crippen LogP contribution in [0.1, 0.15) is 10.4 Å². The number of nitrogens with zero attached hydrogens (tertiary/aromatic N) is 4. The van der Waals surface area contributed by atoms with Crippen LogP contribution in [0.15, 0.2) is 39.2 Å². The van der Waals surface area contributed by atoms with Gasteiger partial charge >= 0.3 is 18.1 Å². The molecule has 2 aliphatic heterocycles. The van der Waals surface area contributed by atoms with E-state index in [-0.39, 0.29) is 22.8 Å². The minimum Gasteiger partial charge on any atom is -0.478 e. The van der Waals surface area contributed by atoms with Gasteiger partial charge in [0.25, 0.3) is 5.91 Å². The van der Waals surface area contributed by atoms with Crippen LogP contribution in [-0.2, 0) is 9.59 Å². The van der Waals surface area contributed by atoms with Crippen LogP contribution in [0.4, 0.5) is 18.9 Å². The first-order valence-electron chi connectivity index (χ1n) is 7.87. The quantitative estimate of drug-likeness (QED) is 0.670. The molecule has 0 spiro atoms. The smallest absolute Gasteiger partial charge is 0.471 e. The summed E-state index contributed by atoms with van der Waals surface area (Å²) < 4.78 is 39.2. The minimum absolute atomic E-state index is 0.0954. The number of carbonyl (C=O) groups excluding carboxylic acids is 2. The third-order valence-electron chi connectivity index (χ3n) is 3.84. The van der Waals surface area contributed by atoms with E-state index in [0.717, 1.165) is 30.5 Å². The van der Waals surface area contributed by atoms with Crippen LogP contribution in [0.5, 0.6) is 0 Å². The lowest BCUT2D eigenvalue weighted by molar-refractivity contribution is -0.170. The SMILES string of the molecule is N=C1N=C2N=CC(CN(C(=O)C(F)(F)F)c3ccc(C(=O)O)cc3)=NC2C(=O)N1. The molecule has 1 unspecified atom stereocenters. The molecular weight excluding hydrogens is 397 g/mol. The number of aliphatic imine (C=N–C) groups is 3. The number of carboxylic acids is 1. The maximum absolute atomic E-state index is 13.1. The number of fused-ring (bicyclic) bond motifs is 1. The summed E-state index contributed by atoms with van der Waals surface area (Å²) in [6.45, 7) is -0.678. The van der Waals surface area contributed by atoms with Gasteiger partial charge in [0, 0.05) is 5.69 Å². The number of rotatable bonds is 4. The second kappa shape index (κ2) is 7.26. The van der Waals surface area contributed by atoms with Crippen LogP contribution in [0.2, 0.25) is 0 Å². The van der Waals surface area contributed by atoms with E-state index >= 15 is 0 Å². The first kappa shape index (κ1) is 19.9. The van der Waals surface area contributed by atoms with Crippen molar-refractivity contribution >= 4 is 47.2 Å². The Morgan fingerprint density at radius 2 is 1.90 bits per heavy atom. The molecule has 3 rings (SSSR count). The van der Waals surface area contributed by atoms with Crippen LogP contribution < -0.4 is 10.2 Å². The maximum atomic E-state index is 13.1. The molecule has 0 aromatic heterocycles. The van der Waals surface area contributed by atoms with Gasteiger partial charge in [0.05, 0.1) is 24.0 Å². The molecular formula is C16H11F3N6O4. The van der Waals surface area contributed by atoms with Crippen molar-refractivity contribution < 1.29 is 32.7 Å². The van der Waals surface area contributed by atoms with Gasteiger partial charge in [-0.15, -0.1) is 0 Å². The molecule has 29 heavy (non-hydrogen) atoms. The first-order valence-corrected chi connectivity index (χ1v) is 7.87. The number of anilines is 1. The van der Waals surface area contributed by atoms with Crippen LogP contribution in [0, 0.1) is 5.41 Å². The number of aromatic carboxylic acids is 1. The third kappa shape index (κ3) is 4.17. The summed E-state index contributed by atoms with van der Waals surface area (Å²) in [5, 5.41) is 18.3. The summed E-state index contributed by atoms with van der Waals surface area (Å²) in [6, 6.07) is 2.96. The molecule has 10 nitrogen and oxygen atoms in total. The normalized spacial score (nSPS) is 18.4. The van der Waals surface area contributed by atoms with Gasteiger partial charge in [-0.1, -0.05) is 0 Å². The molecule has 0 saturated carbocycles. The molecule has 3 N–H and O–H groups in total. The Kier molecular flexibility index (Phi) is 4.97. The lowest BCUT2D eigenvalue weighted by Gasteiger charge is -2.26. The molecule has 13 heteroatoms. The number of alkyl halides is 3. The fourth-order valence-electron chi connectivity index (χ4n) is 2.52. The van der Waals surface area contributed by atoms with Crippen LogP contribution >= 0.6 is 0 Å². The van der Waals surface area contributed by atoms with Crippen molar-refractivity contribution in [3.05, 3.63) is 29.8 Å². The molecule has 2 heterocycles. The number of benzene rings is 1. The summed E-state index contributed by atoms with van der Waals surface area (Å²) in [6.07, 6.45) is -4.16. The van der Waals surface area contributed by atoms with Gasteiger partial charge in [-0.2, -0.15) is 18.2 Å². The summed E-state index contributed by atoms with van der Waals surface area (Å²) >= 11 is 0. The first-order chi connectivity index (χ1) is 13.6. The molecule has 2 aliphatic rings. The van der Waals surface area contributed by atoms with Crippen molar-refractivity contribution in [1.82, 2.24) is 5.32 Å². The number of carboxylic acid groups (broad SMARTS) is 1. The van der Waals surface area contributed by atoms with Crippen molar-refractivity contribution in [3.8, 4) is 0 Å². The van der Waals surface area contributed by atoms with E-state index < -0.39 is 42.5 Å². The van der Waals surface area contributed by atoms with Gasteiger partial charge in [-0.05, 0) is 24.3 Å². The number of carbonyl (C=O) groups is 3. The van der Waals surface area contributed by atoms with Gasteiger partial charge < -0.3 is 5.11 Å². The minimum atomic E-state index is -5.21. The van der Waals surface area contributed by atoms with Crippen molar-refractivity contribution in [2.75, 3.05) is 11.4 Å². The summed E-state index contributed by atoms with van der Waals surface area (Å²) in [7, 11) is 0. The Morgan fingerprint density at radius 1 is 1.24 bits per heavy atom. The number of nitrogens with one attached hydrogen (secondary N) is 2. The zero-order valence-electron chi connectivity index (χ0n) is 14.3. The Morgan fingerprint density at radius 3 is 2.48 bits per heavy atom. The molecule has 0 aliphatic carbocycles. The lowest BCUT2D eigenvalue weighted by Crippen LogP contribution is -2.49. The largest absolute Gasteiger partial charge is 0.478 e. The summed E-state index contributed by atoms with van der Waals surface area (Å²) in [4.78, 5) is 46.5. The highest BCUT2D eigenvalue weighted by Gasteiger charge is 2.43. The van der Waals surface area contributed by atoms with Crippen molar-refractivity contribution in [3.63, 3.8) is 0 Å². The zero-order valence-corrected chi connectivity index (χ0v) is 14.3. The Hall–Kier alpha value is -3.90. The average Bonchev–Trinajstić information content (AvgIpc) is 2.65. The second-order valence-corrected chi connectivity index (χ2v) is 5.83. The highest BCUT2D eigenvalue weighted by molar-refractivity contribution is 6.39. The maximum Gasteiger partial charge on any atom is 0.471 e.